The number of aromatic hydroxyl groups is 1. The maximum atomic E-state index is 10.9. The van der Waals surface area contributed by atoms with Gasteiger partial charge in [-0.1, -0.05) is 66.2 Å². The van der Waals surface area contributed by atoms with E-state index in [1.807, 2.05) is 18.2 Å². The van der Waals surface area contributed by atoms with Gasteiger partial charge in [-0.15, -0.1) is 0 Å². The highest BCUT2D eigenvalue weighted by atomic mass is 16.3. The van der Waals surface area contributed by atoms with Gasteiger partial charge in [0.2, 0.25) is 0 Å². The highest BCUT2D eigenvalue weighted by Crippen LogP contribution is 2.52. The fourth-order valence-electron chi connectivity index (χ4n) is 7.60. The monoisotopic (exact) mass is 547 g/mol. The molecule has 2 bridgehead atoms. The van der Waals surface area contributed by atoms with Crippen LogP contribution >= 0.6 is 0 Å². The number of fused-ring (bicyclic) bond motifs is 6. The third-order valence-electron chi connectivity index (χ3n) is 9.38. The molecule has 4 aromatic carbocycles. The van der Waals surface area contributed by atoms with Crippen LogP contribution in [0.5, 0.6) is 5.75 Å². The molecule has 4 heteroatoms. The van der Waals surface area contributed by atoms with Gasteiger partial charge >= 0.3 is 0 Å². The van der Waals surface area contributed by atoms with Crippen LogP contribution in [0.3, 0.4) is 0 Å². The molecule has 1 saturated carbocycles. The Labute approximate surface area is 246 Å². The molecular formula is C38H33N3O. The van der Waals surface area contributed by atoms with Gasteiger partial charge in [0, 0.05) is 22.7 Å². The van der Waals surface area contributed by atoms with E-state index in [9.17, 15) is 5.11 Å². The minimum Gasteiger partial charge on any atom is -0.507 e. The molecule has 0 amide bonds. The van der Waals surface area contributed by atoms with Crippen molar-refractivity contribution >= 4 is 11.0 Å². The number of aryl methyl sites for hydroxylation is 3. The molecule has 2 unspecified atom stereocenters. The van der Waals surface area contributed by atoms with Gasteiger partial charge in [-0.25, -0.2) is 4.98 Å². The molecule has 2 atom stereocenters. The smallest absolute Gasteiger partial charge is 0.149 e. The van der Waals surface area contributed by atoms with E-state index in [1.54, 1.807) is 6.07 Å². The maximum Gasteiger partial charge on any atom is 0.149 e. The SMILES string of the molecule is Cc1cc(C)c(-n2c(-c3ccccc3O)nc3c(-c4cccc(-c5ccc6c(n5)C5CCC6C5)c4)cccc32)c(C)c1. The maximum absolute atomic E-state index is 10.9. The van der Waals surface area contributed by atoms with Crippen LogP contribution in [-0.4, -0.2) is 19.6 Å². The van der Waals surface area contributed by atoms with Gasteiger partial charge in [0.05, 0.1) is 28.0 Å². The number of rotatable bonds is 4. The lowest BCUT2D eigenvalue weighted by Gasteiger charge is -2.17. The molecule has 0 spiro atoms. The third kappa shape index (κ3) is 3.82. The Morgan fingerprint density at radius 1 is 0.714 bits per heavy atom. The van der Waals surface area contributed by atoms with E-state index in [0.717, 1.165) is 44.9 Å². The van der Waals surface area contributed by atoms with Crippen molar-refractivity contribution in [2.75, 3.05) is 0 Å². The lowest BCUT2D eigenvalue weighted by Crippen LogP contribution is -2.03. The normalized spacial score (nSPS) is 17.2. The Morgan fingerprint density at radius 3 is 2.29 bits per heavy atom. The van der Waals surface area contributed by atoms with Crippen LogP contribution < -0.4 is 0 Å². The summed E-state index contributed by atoms with van der Waals surface area (Å²) in [6.07, 6.45) is 3.86. The number of phenolic OH excluding ortho intramolecular Hbond substituents is 1. The first-order valence-electron chi connectivity index (χ1n) is 15.0. The van der Waals surface area contributed by atoms with Crippen LogP contribution in [0.15, 0.2) is 91.0 Å². The average Bonchev–Trinajstić information content (AvgIpc) is 3.71. The van der Waals surface area contributed by atoms with Gasteiger partial charge in [-0.05, 0) is 98.5 Å². The number of pyridine rings is 1. The van der Waals surface area contributed by atoms with Crippen molar-refractivity contribution in [2.24, 2.45) is 0 Å². The van der Waals surface area contributed by atoms with Gasteiger partial charge in [0.15, 0.2) is 0 Å². The molecule has 0 saturated heterocycles. The van der Waals surface area contributed by atoms with Gasteiger partial charge in [0.25, 0.3) is 0 Å². The second-order valence-corrected chi connectivity index (χ2v) is 12.2. The van der Waals surface area contributed by atoms with Crippen molar-refractivity contribution in [1.29, 1.82) is 0 Å². The number of aromatic nitrogens is 3. The van der Waals surface area contributed by atoms with E-state index in [-0.39, 0.29) is 5.75 Å². The lowest BCUT2D eigenvalue weighted by atomic mass is 9.94. The quantitative estimate of drug-likeness (QED) is 0.239. The van der Waals surface area contributed by atoms with E-state index in [2.05, 4.69) is 92.1 Å². The van der Waals surface area contributed by atoms with Crippen LogP contribution in [0.2, 0.25) is 0 Å². The number of hydrogen-bond donors (Lipinski definition) is 1. The molecule has 2 aliphatic rings. The first kappa shape index (κ1) is 25.0. The second kappa shape index (κ2) is 9.42. The fourth-order valence-corrected chi connectivity index (χ4v) is 7.60. The van der Waals surface area contributed by atoms with E-state index in [4.69, 9.17) is 9.97 Å². The molecule has 2 aliphatic carbocycles. The minimum absolute atomic E-state index is 0.219. The van der Waals surface area contributed by atoms with Crippen molar-refractivity contribution in [3.63, 3.8) is 0 Å². The van der Waals surface area contributed by atoms with Crippen molar-refractivity contribution in [3.8, 4) is 45.2 Å². The molecule has 42 heavy (non-hydrogen) atoms. The Balaban J connectivity index is 1.33. The van der Waals surface area contributed by atoms with Crippen molar-refractivity contribution in [1.82, 2.24) is 14.5 Å². The van der Waals surface area contributed by atoms with Gasteiger partial charge in [0.1, 0.15) is 11.6 Å². The second-order valence-electron chi connectivity index (χ2n) is 12.2. The molecule has 6 aromatic rings. The largest absolute Gasteiger partial charge is 0.507 e. The van der Waals surface area contributed by atoms with Crippen LogP contribution in [-0.2, 0) is 0 Å². The van der Waals surface area contributed by atoms with E-state index in [1.165, 1.54) is 47.2 Å². The summed E-state index contributed by atoms with van der Waals surface area (Å²) in [6, 6.07) is 31.5. The highest BCUT2D eigenvalue weighted by molar-refractivity contribution is 5.96. The summed E-state index contributed by atoms with van der Waals surface area (Å²) < 4.78 is 2.22. The van der Waals surface area contributed by atoms with Crippen LogP contribution in [0.1, 0.15) is 59.0 Å². The predicted octanol–water partition coefficient (Wildman–Crippen LogP) is 9.42. The summed E-state index contributed by atoms with van der Waals surface area (Å²) in [6.45, 7) is 6.43. The van der Waals surface area contributed by atoms with Crippen molar-refractivity contribution < 1.29 is 5.11 Å². The summed E-state index contributed by atoms with van der Waals surface area (Å²) in [5.41, 5.74) is 14.4. The number of nitrogens with zero attached hydrogens (tertiary/aromatic N) is 3. The van der Waals surface area contributed by atoms with Crippen LogP contribution in [0.25, 0.3) is 50.5 Å². The predicted molar refractivity (Wildman–Crippen MR) is 170 cm³/mol. The molecule has 2 heterocycles. The van der Waals surface area contributed by atoms with Crippen LogP contribution in [0, 0.1) is 20.8 Å². The number of hydrogen-bond acceptors (Lipinski definition) is 3. The van der Waals surface area contributed by atoms with Crippen molar-refractivity contribution in [3.05, 3.63) is 119 Å². The first-order valence-corrected chi connectivity index (χ1v) is 15.0. The first-order chi connectivity index (χ1) is 20.5. The summed E-state index contributed by atoms with van der Waals surface area (Å²) in [5, 5.41) is 10.9. The molecule has 8 rings (SSSR count). The number of phenols is 1. The molecule has 206 valence electrons. The topological polar surface area (TPSA) is 50.9 Å². The van der Waals surface area contributed by atoms with E-state index < -0.39 is 0 Å². The zero-order chi connectivity index (χ0) is 28.5. The number of benzene rings is 4. The Hall–Kier alpha value is -4.70. The Bertz CT molecular complexity index is 2010. The number of imidazole rings is 1. The lowest BCUT2D eigenvalue weighted by molar-refractivity contribution is 0.477. The van der Waals surface area contributed by atoms with Gasteiger partial charge in [-0.2, -0.15) is 0 Å². The summed E-state index contributed by atoms with van der Waals surface area (Å²) in [4.78, 5) is 10.5. The van der Waals surface area contributed by atoms with Gasteiger partial charge < -0.3 is 5.11 Å². The summed E-state index contributed by atoms with van der Waals surface area (Å²) in [7, 11) is 0. The molecule has 1 fully saturated rings. The van der Waals surface area contributed by atoms with E-state index >= 15 is 0 Å². The third-order valence-corrected chi connectivity index (χ3v) is 9.38. The molecule has 2 aromatic heterocycles. The molecule has 4 nitrogen and oxygen atoms in total. The van der Waals surface area contributed by atoms with Crippen LogP contribution in [0.4, 0.5) is 0 Å². The standard InChI is InChI=1S/C38H33N3O/c1-22-18-23(2)37(24(3)19-22)41-33-12-7-11-29(36(33)40-38(41)31-10-4-5-13-34(31)42)25-8-6-9-27(20-25)32-17-16-30-26-14-15-28(21-26)35(30)39-32/h4-13,16-20,26,28,42H,14-15,21H2,1-3H3. The number of para-hydroxylation sites is 2. The molecular weight excluding hydrogens is 514 g/mol. The summed E-state index contributed by atoms with van der Waals surface area (Å²) in [5.74, 6) is 2.30. The van der Waals surface area contributed by atoms with Crippen molar-refractivity contribution in [2.45, 2.75) is 51.9 Å². The zero-order valence-corrected chi connectivity index (χ0v) is 24.2. The van der Waals surface area contributed by atoms with Gasteiger partial charge in [-0.3, -0.25) is 9.55 Å². The minimum atomic E-state index is 0.219. The summed E-state index contributed by atoms with van der Waals surface area (Å²) >= 11 is 0. The molecule has 0 aliphatic heterocycles. The average molecular weight is 548 g/mol. The Morgan fingerprint density at radius 2 is 1.45 bits per heavy atom. The fraction of sp³-hybridized carbons (Fsp3) is 0.211. The zero-order valence-electron chi connectivity index (χ0n) is 24.2. The molecule has 1 N–H and O–H groups in total. The van der Waals surface area contributed by atoms with E-state index in [0.29, 0.717) is 17.4 Å². The molecule has 0 radical (unpaired) electrons. The Kier molecular flexibility index (Phi) is 5.62. The highest BCUT2D eigenvalue weighted by Gasteiger charge is 2.38.